The van der Waals surface area contributed by atoms with Crippen molar-refractivity contribution in [2.75, 3.05) is 26.7 Å². The molecule has 0 amide bonds. The molecule has 0 radical (unpaired) electrons. The van der Waals surface area contributed by atoms with Gasteiger partial charge in [-0.1, -0.05) is 0 Å². The van der Waals surface area contributed by atoms with Crippen LogP contribution in [0.3, 0.4) is 0 Å². The summed E-state index contributed by atoms with van der Waals surface area (Å²) >= 11 is 0. The Morgan fingerprint density at radius 3 is 1.20 bits per heavy atom. The molecule has 0 aromatic rings. The Morgan fingerprint density at radius 2 is 0.920 bits per heavy atom. The monoisotopic (exact) mass is 384 g/mol. The van der Waals surface area contributed by atoms with Crippen molar-refractivity contribution in [2.24, 2.45) is 11.5 Å². The van der Waals surface area contributed by atoms with Gasteiger partial charge in [0.15, 0.2) is 0 Å². The van der Waals surface area contributed by atoms with Gasteiger partial charge in [0.2, 0.25) is 0 Å². The number of rotatable bonds is 0. The van der Waals surface area contributed by atoms with Crippen molar-refractivity contribution in [1.29, 1.82) is 0 Å². The number of nitrogens with one attached hydrogen (secondary N) is 8. The first-order chi connectivity index (χ1) is 11.8. The van der Waals surface area contributed by atoms with E-state index in [0.29, 0.717) is 24.4 Å². The van der Waals surface area contributed by atoms with E-state index in [1.54, 1.807) is 0 Å². The second-order valence-corrected chi connectivity index (χ2v) is 6.74. The van der Waals surface area contributed by atoms with Crippen molar-refractivity contribution < 1.29 is 17.5 Å². The molecule has 25 heavy (non-hydrogen) atoms. The van der Waals surface area contributed by atoms with Gasteiger partial charge in [-0.25, -0.2) is 0 Å². The first kappa shape index (κ1) is 20.8. The molecule has 4 aliphatic heterocycles. The van der Waals surface area contributed by atoms with E-state index in [1.165, 1.54) is 0 Å². The molecule has 0 saturated carbocycles. The molecule has 4 aliphatic rings. The van der Waals surface area contributed by atoms with E-state index in [1.807, 2.05) is 0 Å². The van der Waals surface area contributed by atoms with E-state index in [9.17, 15) is 0 Å². The number of hydrogen-bond acceptors (Lipinski definition) is 12. The molecule has 0 aliphatic carbocycles. The maximum absolute atomic E-state index is 8.74. The zero-order valence-electron chi connectivity index (χ0n) is 13.6. The average Bonchev–Trinajstić information content (AvgIpc) is 3.16. The summed E-state index contributed by atoms with van der Waals surface area (Å²) < 4.78 is 31.6. The Kier molecular flexibility index (Phi) is 7.83. The topological polar surface area (TPSA) is 223 Å². The van der Waals surface area contributed by atoms with Crippen LogP contribution in [0.5, 0.6) is 0 Å². The smallest absolute Gasteiger partial charge is 0.314 e. The first-order valence-electron chi connectivity index (χ1n) is 7.84. The zero-order valence-corrected chi connectivity index (χ0v) is 14.4. The molecule has 15 heteroatoms. The predicted octanol–water partition coefficient (Wildman–Crippen LogP) is -6.12. The fourth-order valence-electron chi connectivity index (χ4n) is 2.96. The van der Waals surface area contributed by atoms with Crippen LogP contribution in [0.15, 0.2) is 0 Å². The van der Waals surface area contributed by atoms with Gasteiger partial charge in [-0.2, -0.15) is 8.42 Å². The van der Waals surface area contributed by atoms with Crippen LogP contribution in [0, 0.1) is 0 Å². The molecule has 0 aromatic carbocycles. The minimum absolute atomic E-state index is 0.0706. The Labute approximate surface area is 146 Å². The highest BCUT2D eigenvalue weighted by Gasteiger charge is 2.34. The predicted molar refractivity (Wildman–Crippen MR) is 89.8 cm³/mol. The molecule has 4 rings (SSSR count). The standard InChI is InChI=1S/2C5H13N5.H2O4S/c2*6-4-3-5(9-1-7-3)10-2-8-4;1-5(2,3)4/h2*3-5,7-10H,1-2,6H2;(H2,1,2,3,4). The van der Waals surface area contributed by atoms with E-state index in [0.717, 1.165) is 26.7 Å². The highest BCUT2D eigenvalue weighted by atomic mass is 32.3. The summed E-state index contributed by atoms with van der Waals surface area (Å²) in [4.78, 5) is 0. The van der Waals surface area contributed by atoms with Gasteiger partial charge in [-0.3, -0.25) is 51.6 Å². The fourth-order valence-corrected chi connectivity index (χ4v) is 2.96. The summed E-state index contributed by atoms with van der Waals surface area (Å²) in [5.74, 6) is 0. The van der Waals surface area contributed by atoms with Gasteiger partial charge < -0.3 is 11.5 Å². The lowest BCUT2D eigenvalue weighted by atomic mass is 10.1. The number of nitrogens with two attached hydrogens (primary N) is 2. The number of fused-ring (bicyclic) bond motifs is 2. The zero-order chi connectivity index (χ0) is 18.4. The third-order valence-electron chi connectivity index (χ3n) is 4.13. The molecule has 0 spiro atoms. The summed E-state index contributed by atoms with van der Waals surface area (Å²) in [7, 11) is -4.67. The minimum Gasteiger partial charge on any atom is -0.314 e. The Hall–Kier alpha value is -0.530. The van der Waals surface area contributed by atoms with Crippen LogP contribution in [0.1, 0.15) is 0 Å². The molecule has 4 heterocycles. The van der Waals surface area contributed by atoms with Crippen molar-refractivity contribution in [3.63, 3.8) is 0 Å². The molecule has 4 saturated heterocycles. The summed E-state index contributed by atoms with van der Waals surface area (Å²) in [6.45, 7) is 3.27. The van der Waals surface area contributed by atoms with Crippen molar-refractivity contribution >= 4 is 10.4 Å². The number of hydrogen-bond donors (Lipinski definition) is 12. The van der Waals surface area contributed by atoms with Crippen molar-refractivity contribution in [3.8, 4) is 0 Å². The summed E-state index contributed by atoms with van der Waals surface area (Å²) in [6.07, 6.45) is 0.829. The summed E-state index contributed by atoms with van der Waals surface area (Å²) in [5, 5.41) is 25.7. The van der Waals surface area contributed by atoms with E-state index < -0.39 is 10.4 Å². The van der Waals surface area contributed by atoms with E-state index in [-0.39, 0.29) is 12.3 Å². The molecule has 148 valence electrons. The van der Waals surface area contributed by atoms with Crippen LogP contribution in [0.4, 0.5) is 0 Å². The maximum atomic E-state index is 8.74. The van der Waals surface area contributed by atoms with Gasteiger partial charge in [-0.15, -0.1) is 0 Å². The summed E-state index contributed by atoms with van der Waals surface area (Å²) in [5.41, 5.74) is 11.5. The first-order valence-corrected chi connectivity index (χ1v) is 9.23. The quantitative estimate of drug-likeness (QED) is 0.175. The largest absolute Gasteiger partial charge is 0.394 e. The van der Waals surface area contributed by atoms with Gasteiger partial charge in [0.05, 0.1) is 36.7 Å². The van der Waals surface area contributed by atoms with Gasteiger partial charge in [0, 0.05) is 26.7 Å². The lowest BCUT2D eigenvalue weighted by molar-refractivity contribution is 0.272. The molecule has 14 N–H and O–H groups in total. The lowest BCUT2D eigenvalue weighted by Crippen LogP contribution is -2.66. The normalized spacial score (nSPS) is 40.0. The molecular weight excluding hydrogens is 356 g/mol. The Morgan fingerprint density at radius 1 is 0.640 bits per heavy atom. The SMILES string of the molecule is NC1NCNC2NCNC12.NC1NCNC2NCNC12.O=S(=O)(O)O. The molecule has 6 atom stereocenters. The Balaban J connectivity index is 0.000000144. The second kappa shape index (κ2) is 9.42. The van der Waals surface area contributed by atoms with Crippen molar-refractivity contribution in [2.45, 2.75) is 36.7 Å². The highest BCUT2D eigenvalue weighted by molar-refractivity contribution is 7.79. The van der Waals surface area contributed by atoms with Crippen molar-refractivity contribution in [1.82, 2.24) is 42.5 Å². The van der Waals surface area contributed by atoms with E-state index >= 15 is 0 Å². The third-order valence-corrected chi connectivity index (χ3v) is 4.13. The van der Waals surface area contributed by atoms with Crippen LogP contribution in [-0.4, -0.2) is 80.9 Å². The molecule has 4 fully saturated rings. The molecule has 14 nitrogen and oxygen atoms in total. The molecule has 0 bridgehead atoms. The summed E-state index contributed by atoms with van der Waals surface area (Å²) in [6, 6.07) is 0.655. The van der Waals surface area contributed by atoms with Crippen LogP contribution in [0.25, 0.3) is 0 Å². The van der Waals surface area contributed by atoms with Gasteiger partial charge in [0.25, 0.3) is 0 Å². The lowest BCUT2D eigenvalue weighted by Gasteiger charge is -2.32. The van der Waals surface area contributed by atoms with Gasteiger partial charge in [0.1, 0.15) is 0 Å². The fraction of sp³-hybridized carbons (Fsp3) is 1.00. The van der Waals surface area contributed by atoms with Crippen LogP contribution < -0.4 is 54.0 Å². The van der Waals surface area contributed by atoms with Gasteiger partial charge >= 0.3 is 10.4 Å². The van der Waals surface area contributed by atoms with Crippen molar-refractivity contribution in [3.05, 3.63) is 0 Å². The van der Waals surface area contributed by atoms with Crippen LogP contribution in [-0.2, 0) is 10.4 Å². The average molecular weight is 384 g/mol. The highest BCUT2D eigenvalue weighted by Crippen LogP contribution is 2.02. The van der Waals surface area contributed by atoms with Gasteiger partial charge in [-0.05, 0) is 0 Å². The van der Waals surface area contributed by atoms with E-state index in [2.05, 4.69) is 42.5 Å². The van der Waals surface area contributed by atoms with E-state index in [4.69, 9.17) is 29.0 Å². The minimum atomic E-state index is -4.67. The molecular formula is C10H28N10O4S. The Bertz CT molecular complexity index is 472. The third kappa shape index (κ3) is 6.94. The molecule has 6 unspecified atom stereocenters. The van der Waals surface area contributed by atoms with Crippen LogP contribution in [0.2, 0.25) is 0 Å². The second-order valence-electron chi connectivity index (χ2n) is 5.85. The maximum Gasteiger partial charge on any atom is 0.394 e. The van der Waals surface area contributed by atoms with Crippen LogP contribution >= 0.6 is 0 Å². The molecule has 0 aromatic heterocycles.